The lowest BCUT2D eigenvalue weighted by Gasteiger charge is -2.33. The predicted octanol–water partition coefficient (Wildman–Crippen LogP) is 1.88. The Labute approximate surface area is 262 Å². The molecule has 6 saturated heterocycles. The second-order valence-electron chi connectivity index (χ2n) is 13.5. The van der Waals surface area contributed by atoms with Gasteiger partial charge >= 0.3 is 15.6 Å². The van der Waals surface area contributed by atoms with Gasteiger partial charge < -0.3 is 47.7 Å². The summed E-state index contributed by atoms with van der Waals surface area (Å²) in [6, 6.07) is 0. The Balaban J connectivity index is 1.10. The van der Waals surface area contributed by atoms with Gasteiger partial charge in [-0.15, -0.1) is 0 Å². The van der Waals surface area contributed by atoms with E-state index in [1.165, 1.54) is 0 Å². The minimum Gasteiger partial charge on any atom is -0.376 e. The van der Waals surface area contributed by atoms with Crippen LogP contribution in [0.25, 0.3) is 0 Å². The molecule has 6 fully saturated rings. The molecule has 260 valence electrons. The molecular formula is C27H46O16P2. The summed E-state index contributed by atoms with van der Waals surface area (Å²) in [5, 5.41) is 0. The maximum Gasteiger partial charge on any atom is 0.472 e. The van der Waals surface area contributed by atoms with E-state index in [2.05, 4.69) is 0 Å². The van der Waals surface area contributed by atoms with Crippen LogP contribution >= 0.6 is 15.6 Å². The number of phosphoric acid groups is 2. The zero-order chi connectivity index (χ0) is 32.6. The molecule has 0 aliphatic carbocycles. The second kappa shape index (κ2) is 12.3. The Morgan fingerprint density at radius 3 is 1.40 bits per heavy atom. The lowest BCUT2D eigenvalue weighted by atomic mass is 9.99. The van der Waals surface area contributed by atoms with Crippen molar-refractivity contribution in [3.63, 3.8) is 0 Å². The lowest BCUT2D eigenvalue weighted by molar-refractivity contribution is -0.169. The van der Waals surface area contributed by atoms with Gasteiger partial charge in [0.1, 0.15) is 53.4 Å². The fourth-order valence-electron chi connectivity index (χ4n) is 7.20. The monoisotopic (exact) mass is 688 g/mol. The van der Waals surface area contributed by atoms with Crippen LogP contribution in [-0.4, -0.2) is 133 Å². The molecule has 14 atom stereocenters. The standard InChI is InChI=1S/C27H46O16P2/c1-14(2)32-8-25-9-34-20(17(6)39-25)23(25)42-45(30,31)37-13-27-11-35-21(18(7)41-27)24(27)43-44(28,29)36-12-26-10-33-19(16(5)40-26)22(26)38-15(3)4/h14-24H,8-13H2,1-7H3,(H,28,29)(H,30,31)/t16-,17-,18-,19?,20?,21?,22+,23+,24+,25?,26?,27?/m1/s1. The molecule has 16 nitrogen and oxygen atoms in total. The zero-order valence-electron chi connectivity index (χ0n) is 26.6. The molecule has 0 aromatic heterocycles. The van der Waals surface area contributed by atoms with Crippen molar-refractivity contribution in [2.75, 3.05) is 39.6 Å². The molecule has 0 saturated carbocycles. The van der Waals surface area contributed by atoms with Gasteiger partial charge in [-0.1, -0.05) is 0 Å². The van der Waals surface area contributed by atoms with Gasteiger partial charge in [0.05, 0.1) is 70.2 Å². The first kappa shape index (κ1) is 34.8. The molecule has 8 unspecified atom stereocenters. The van der Waals surface area contributed by atoms with Gasteiger partial charge in [-0.05, 0) is 48.5 Å². The molecule has 6 aliphatic heterocycles. The van der Waals surface area contributed by atoms with Crippen molar-refractivity contribution in [3.05, 3.63) is 0 Å². The maximum atomic E-state index is 13.3. The topological polar surface area (TPSA) is 185 Å². The smallest absolute Gasteiger partial charge is 0.376 e. The predicted molar refractivity (Wildman–Crippen MR) is 151 cm³/mol. The van der Waals surface area contributed by atoms with E-state index in [4.69, 9.17) is 56.0 Å². The largest absolute Gasteiger partial charge is 0.472 e. The first-order valence-electron chi connectivity index (χ1n) is 15.5. The Morgan fingerprint density at radius 2 is 1.02 bits per heavy atom. The van der Waals surface area contributed by atoms with E-state index in [1.807, 2.05) is 34.6 Å². The molecule has 0 radical (unpaired) electrons. The summed E-state index contributed by atoms with van der Waals surface area (Å²) in [4.78, 5) is 21.7. The Bertz CT molecular complexity index is 1190. The third-order valence-corrected chi connectivity index (χ3v) is 11.1. The third-order valence-electron chi connectivity index (χ3n) is 9.18. The number of ether oxygens (including phenoxy) is 8. The fraction of sp³-hybridized carbons (Fsp3) is 1.00. The molecule has 0 aromatic carbocycles. The number of fused-ring (bicyclic) bond motifs is 6. The Kier molecular flexibility index (Phi) is 9.53. The first-order valence-corrected chi connectivity index (χ1v) is 18.5. The molecule has 2 N–H and O–H groups in total. The minimum atomic E-state index is -4.76. The molecule has 45 heavy (non-hydrogen) atoms. The normalized spacial score (nSPS) is 47.8. The van der Waals surface area contributed by atoms with Gasteiger partial charge in [-0.2, -0.15) is 0 Å². The molecule has 6 heterocycles. The SMILES string of the molecule is CC(C)OCC12COC([C@@H](C)O1)[C@@H]2OP(=O)(O)OCC12COC([C@@H](C)O1)[C@@H]2OP(=O)(O)OCC12COC([C@@H](C)O1)[C@@H]2OC(C)C. The fourth-order valence-corrected chi connectivity index (χ4v) is 9.28. The van der Waals surface area contributed by atoms with Gasteiger partial charge in [0, 0.05) is 0 Å². The molecular weight excluding hydrogens is 642 g/mol. The van der Waals surface area contributed by atoms with Crippen molar-refractivity contribution >= 4 is 15.6 Å². The van der Waals surface area contributed by atoms with Crippen LogP contribution in [0.15, 0.2) is 0 Å². The molecule has 0 amide bonds. The minimum absolute atomic E-state index is 0.0975. The quantitative estimate of drug-likeness (QED) is 0.237. The molecule has 0 aromatic rings. The highest BCUT2D eigenvalue weighted by Crippen LogP contribution is 2.57. The van der Waals surface area contributed by atoms with Crippen LogP contribution < -0.4 is 0 Å². The van der Waals surface area contributed by atoms with Gasteiger partial charge in [0.15, 0.2) is 0 Å². The van der Waals surface area contributed by atoms with E-state index < -0.39 is 81.8 Å². The van der Waals surface area contributed by atoms with Crippen LogP contribution in [-0.2, 0) is 65.1 Å². The van der Waals surface area contributed by atoms with Crippen LogP contribution in [0.2, 0.25) is 0 Å². The van der Waals surface area contributed by atoms with Crippen LogP contribution in [0.3, 0.4) is 0 Å². The molecule has 6 aliphatic rings. The third kappa shape index (κ3) is 6.50. The lowest BCUT2D eigenvalue weighted by Crippen LogP contribution is -2.48. The van der Waals surface area contributed by atoms with E-state index in [0.717, 1.165) is 0 Å². The van der Waals surface area contributed by atoms with E-state index in [0.29, 0.717) is 0 Å². The number of hydrogen-bond acceptors (Lipinski definition) is 14. The average Bonchev–Trinajstić information content (AvgIpc) is 3.73. The summed E-state index contributed by atoms with van der Waals surface area (Å²) in [5.41, 5.74) is -3.66. The summed E-state index contributed by atoms with van der Waals surface area (Å²) < 4.78 is 96.2. The summed E-state index contributed by atoms with van der Waals surface area (Å²) in [7, 11) is -9.51. The Hall–Kier alpha value is -0.100. The molecule has 18 heteroatoms. The highest BCUT2D eigenvalue weighted by Gasteiger charge is 2.66. The summed E-state index contributed by atoms with van der Waals surface area (Å²) in [5.74, 6) is 0. The highest BCUT2D eigenvalue weighted by molar-refractivity contribution is 7.47. The van der Waals surface area contributed by atoms with Gasteiger partial charge in [0.25, 0.3) is 0 Å². The Morgan fingerprint density at radius 1 is 0.644 bits per heavy atom. The molecule has 6 rings (SSSR count). The molecule has 6 bridgehead atoms. The summed E-state index contributed by atoms with van der Waals surface area (Å²) in [6.45, 7) is 12.2. The van der Waals surface area contributed by atoms with E-state index >= 15 is 0 Å². The van der Waals surface area contributed by atoms with Gasteiger partial charge in [-0.25, -0.2) is 9.13 Å². The van der Waals surface area contributed by atoms with Gasteiger partial charge in [0.2, 0.25) is 0 Å². The van der Waals surface area contributed by atoms with Gasteiger partial charge in [-0.3, -0.25) is 18.1 Å². The van der Waals surface area contributed by atoms with Crippen LogP contribution in [0.5, 0.6) is 0 Å². The highest BCUT2D eigenvalue weighted by atomic mass is 31.2. The first-order chi connectivity index (χ1) is 21.0. The van der Waals surface area contributed by atoms with E-state index in [1.54, 1.807) is 13.8 Å². The van der Waals surface area contributed by atoms with Crippen LogP contribution in [0, 0.1) is 0 Å². The van der Waals surface area contributed by atoms with Crippen LogP contribution in [0.4, 0.5) is 0 Å². The second-order valence-corrected chi connectivity index (χ2v) is 16.3. The number of rotatable bonds is 15. The van der Waals surface area contributed by atoms with Crippen molar-refractivity contribution in [1.82, 2.24) is 0 Å². The summed E-state index contributed by atoms with van der Waals surface area (Å²) >= 11 is 0. The van der Waals surface area contributed by atoms with Crippen molar-refractivity contribution in [2.24, 2.45) is 0 Å². The van der Waals surface area contributed by atoms with Crippen molar-refractivity contribution in [1.29, 1.82) is 0 Å². The van der Waals surface area contributed by atoms with Crippen molar-refractivity contribution in [3.8, 4) is 0 Å². The average molecular weight is 689 g/mol. The number of hydrogen-bond donors (Lipinski definition) is 2. The maximum absolute atomic E-state index is 13.3. The van der Waals surface area contributed by atoms with Crippen molar-refractivity contribution in [2.45, 2.75) is 132 Å². The van der Waals surface area contributed by atoms with E-state index in [-0.39, 0.29) is 57.5 Å². The van der Waals surface area contributed by atoms with Crippen molar-refractivity contribution < 1.29 is 74.9 Å². The van der Waals surface area contributed by atoms with E-state index in [9.17, 15) is 18.9 Å². The zero-order valence-corrected chi connectivity index (χ0v) is 28.4. The summed E-state index contributed by atoms with van der Waals surface area (Å²) in [6.07, 6.45) is -5.82. The molecule has 0 spiro atoms. The van der Waals surface area contributed by atoms with Crippen LogP contribution in [0.1, 0.15) is 48.5 Å². The number of phosphoric ester groups is 2.